The van der Waals surface area contributed by atoms with Crippen molar-refractivity contribution >= 4 is 34.8 Å². The number of hydrogen-bond acceptors (Lipinski definition) is 3. The van der Waals surface area contributed by atoms with E-state index < -0.39 is 11.7 Å². The summed E-state index contributed by atoms with van der Waals surface area (Å²) in [6.07, 6.45) is 0. The van der Waals surface area contributed by atoms with Crippen LogP contribution < -0.4 is 14.8 Å². The predicted octanol–water partition coefficient (Wildman–Crippen LogP) is 4.55. The number of para-hydroxylation sites is 1. The average Bonchev–Trinajstić information content (AvgIpc) is 2.52. The minimum absolute atomic E-state index is 0.0728. The van der Waals surface area contributed by atoms with Gasteiger partial charge < -0.3 is 14.8 Å². The summed E-state index contributed by atoms with van der Waals surface area (Å²) in [4.78, 5) is 12.0. The van der Waals surface area contributed by atoms with Gasteiger partial charge in [-0.3, -0.25) is 4.79 Å². The van der Waals surface area contributed by atoms with Gasteiger partial charge in [0.15, 0.2) is 12.4 Å². The number of halogens is 3. The van der Waals surface area contributed by atoms with Gasteiger partial charge in [-0.15, -0.1) is 0 Å². The van der Waals surface area contributed by atoms with Gasteiger partial charge in [-0.25, -0.2) is 4.39 Å². The quantitative estimate of drug-likeness (QED) is 0.824. The second-order valence-electron chi connectivity index (χ2n) is 4.46. The number of carbonyl (C=O) groups is 1. The van der Waals surface area contributed by atoms with E-state index in [2.05, 4.69) is 5.32 Å². The summed E-state index contributed by atoms with van der Waals surface area (Å²) < 4.78 is 23.7. The normalized spacial score (nSPS) is 10.3. The molecule has 4 nitrogen and oxygen atoms in total. The summed E-state index contributed by atoms with van der Waals surface area (Å²) in [7, 11) is 0. The van der Waals surface area contributed by atoms with Crippen LogP contribution in [0.3, 0.4) is 0 Å². The van der Waals surface area contributed by atoms with Crippen LogP contribution >= 0.6 is 23.2 Å². The highest BCUT2D eigenvalue weighted by Crippen LogP contribution is 2.32. The molecule has 0 atom stereocenters. The van der Waals surface area contributed by atoms with Gasteiger partial charge >= 0.3 is 0 Å². The van der Waals surface area contributed by atoms with E-state index >= 15 is 0 Å². The monoisotopic (exact) mass is 357 g/mol. The summed E-state index contributed by atoms with van der Waals surface area (Å²) in [5, 5.41) is 2.98. The highest BCUT2D eigenvalue weighted by Gasteiger charge is 2.12. The SMILES string of the molecule is CCOc1c(Cl)cccc1NC(=O)COc1ccc(F)c(Cl)c1. The van der Waals surface area contributed by atoms with E-state index in [4.69, 9.17) is 32.7 Å². The zero-order valence-electron chi connectivity index (χ0n) is 12.2. The summed E-state index contributed by atoms with van der Waals surface area (Å²) in [6.45, 7) is 1.97. The lowest BCUT2D eigenvalue weighted by Gasteiger charge is -2.13. The number of ether oxygens (including phenoxy) is 2. The van der Waals surface area contributed by atoms with Crippen molar-refractivity contribution in [1.82, 2.24) is 0 Å². The molecule has 0 radical (unpaired) electrons. The molecule has 1 N–H and O–H groups in total. The second-order valence-corrected chi connectivity index (χ2v) is 5.28. The Morgan fingerprint density at radius 2 is 1.96 bits per heavy atom. The Kier molecular flexibility index (Phi) is 6.07. The van der Waals surface area contributed by atoms with E-state index in [1.165, 1.54) is 18.2 Å². The van der Waals surface area contributed by atoms with E-state index in [0.29, 0.717) is 28.8 Å². The van der Waals surface area contributed by atoms with Gasteiger partial charge in [-0.1, -0.05) is 29.3 Å². The van der Waals surface area contributed by atoms with Crippen molar-refractivity contribution in [2.75, 3.05) is 18.5 Å². The van der Waals surface area contributed by atoms with Crippen molar-refractivity contribution in [1.29, 1.82) is 0 Å². The molecule has 23 heavy (non-hydrogen) atoms. The second kappa shape index (κ2) is 8.04. The standard InChI is InChI=1S/C16H14Cl2FNO3/c1-2-22-16-11(17)4-3-5-14(16)20-15(21)9-23-10-6-7-13(19)12(18)8-10/h3-8H,2,9H2,1H3,(H,20,21). The number of amides is 1. The highest BCUT2D eigenvalue weighted by atomic mass is 35.5. The minimum atomic E-state index is -0.552. The molecule has 0 saturated heterocycles. The van der Waals surface area contributed by atoms with Gasteiger partial charge in [0, 0.05) is 6.07 Å². The van der Waals surface area contributed by atoms with Crippen molar-refractivity contribution in [3.05, 3.63) is 52.3 Å². The molecule has 122 valence electrons. The number of rotatable bonds is 6. The maximum atomic E-state index is 13.0. The van der Waals surface area contributed by atoms with Gasteiger partial charge in [0.05, 0.1) is 22.3 Å². The van der Waals surface area contributed by atoms with Crippen LogP contribution in [0, 0.1) is 5.82 Å². The summed E-state index contributed by atoms with van der Waals surface area (Å²) >= 11 is 11.7. The molecule has 0 unspecified atom stereocenters. The Morgan fingerprint density at radius 1 is 1.17 bits per heavy atom. The fourth-order valence-corrected chi connectivity index (χ4v) is 2.20. The van der Waals surface area contributed by atoms with Crippen LogP contribution in [0.5, 0.6) is 11.5 Å². The molecule has 2 aromatic carbocycles. The first-order valence-electron chi connectivity index (χ1n) is 6.80. The van der Waals surface area contributed by atoms with Crippen LogP contribution in [-0.4, -0.2) is 19.1 Å². The van der Waals surface area contributed by atoms with Crippen molar-refractivity contribution in [2.45, 2.75) is 6.92 Å². The number of hydrogen-bond donors (Lipinski definition) is 1. The molecule has 0 aliphatic heterocycles. The highest BCUT2D eigenvalue weighted by molar-refractivity contribution is 6.32. The molecular formula is C16H14Cl2FNO3. The molecule has 0 spiro atoms. The smallest absolute Gasteiger partial charge is 0.262 e. The van der Waals surface area contributed by atoms with E-state index in [9.17, 15) is 9.18 Å². The number of carbonyl (C=O) groups excluding carboxylic acids is 1. The predicted molar refractivity (Wildman–Crippen MR) is 88.2 cm³/mol. The Morgan fingerprint density at radius 3 is 2.65 bits per heavy atom. The van der Waals surface area contributed by atoms with Crippen molar-refractivity contribution in [2.24, 2.45) is 0 Å². The molecule has 0 aromatic heterocycles. The van der Waals surface area contributed by atoms with Crippen LogP contribution in [0.1, 0.15) is 6.92 Å². The van der Waals surface area contributed by atoms with E-state index in [1.807, 2.05) is 6.92 Å². The fraction of sp³-hybridized carbons (Fsp3) is 0.188. The van der Waals surface area contributed by atoms with Crippen LogP contribution in [0.15, 0.2) is 36.4 Å². The van der Waals surface area contributed by atoms with Gasteiger partial charge in [-0.05, 0) is 31.2 Å². The number of nitrogens with one attached hydrogen (secondary N) is 1. The largest absolute Gasteiger partial charge is 0.490 e. The first-order valence-corrected chi connectivity index (χ1v) is 7.56. The first-order chi connectivity index (χ1) is 11.0. The van der Waals surface area contributed by atoms with Gasteiger partial charge in [0.25, 0.3) is 5.91 Å². The molecule has 0 bridgehead atoms. The molecule has 0 fully saturated rings. The molecular weight excluding hydrogens is 344 g/mol. The molecule has 0 heterocycles. The molecule has 0 saturated carbocycles. The third kappa shape index (κ3) is 4.74. The molecule has 7 heteroatoms. The topological polar surface area (TPSA) is 47.6 Å². The Labute approximate surface area is 143 Å². The van der Waals surface area contributed by atoms with Crippen LogP contribution in [0.25, 0.3) is 0 Å². The maximum absolute atomic E-state index is 13.0. The molecule has 2 aromatic rings. The Balaban J connectivity index is 1.99. The zero-order valence-corrected chi connectivity index (χ0v) is 13.7. The van der Waals surface area contributed by atoms with Crippen molar-refractivity contribution in [3.63, 3.8) is 0 Å². The molecule has 1 amide bonds. The maximum Gasteiger partial charge on any atom is 0.262 e. The fourth-order valence-electron chi connectivity index (χ4n) is 1.80. The summed E-state index contributed by atoms with van der Waals surface area (Å²) in [5.41, 5.74) is 0.449. The lowest BCUT2D eigenvalue weighted by Crippen LogP contribution is -2.20. The zero-order chi connectivity index (χ0) is 16.8. The van der Waals surface area contributed by atoms with Gasteiger partial charge in [0.1, 0.15) is 11.6 Å². The summed E-state index contributed by atoms with van der Waals surface area (Å²) in [5.74, 6) is -0.269. The lowest BCUT2D eigenvalue weighted by atomic mass is 10.3. The number of anilines is 1. The Bertz CT molecular complexity index is 710. The van der Waals surface area contributed by atoms with Gasteiger partial charge in [0.2, 0.25) is 0 Å². The molecule has 0 aliphatic carbocycles. The van der Waals surface area contributed by atoms with E-state index in [0.717, 1.165) is 0 Å². The third-order valence-corrected chi connectivity index (χ3v) is 3.38. The van der Waals surface area contributed by atoms with Gasteiger partial charge in [-0.2, -0.15) is 0 Å². The van der Waals surface area contributed by atoms with Crippen LogP contribution in [0.2, 0.25) is 10.0 Å². The summed E-state index contributed by atoms with van der Waals surface area (Å²) in [6, 6.07) is 8.89. The third-order valence-electron chi connectivity index (χ3n) is 2.79. The van der Waals surface area contributed by atoms with Crippen LogP contribution in [-0.2, 0) is 4.79 Å². The number of benzene rings is 2. The van der Waals surface area contributed by atoms with Crippen molar-refractivity contribution in [3.8, 4) is 11.5 Å². The Hall–Kier alpha value is -1.98. The van der Waals surface area contributed by atoms with Crippen LogP contribution in [0.4, 0.5) is 10.1 Å². The van der Waals surface area contributed by atoms with E-state index in [-0.39, 0.29) is 11.6 Å². The average molecular weight is 358 g/mol. The molecule has 0 aliphatic rings. The van der Waals surface area contributed by atoms with E-state index in [1.54, 1.807) is 18.2 Å². The first kappa shape index (κ1) is 17.4. The molecule has 2 rings (SSSR count). The van der Waals surface area contributed by atoms with Crippen molar-refractivity contribution < 1.29 is 18.7 Å². The minimum Gasteiger partial charge on any atom is -0.490 e. The lowest BCUT2D eigenvalue weighted by molar-refractivity contribution is -0.118.